The van der Waals surface area contributed by atoms with Crippen LogP contribution in [-0.4, -0.2) is 24.4 Å². The minimum atomic E-state index is -3.30. The van der Waals surface area contributed by atoms with Crippen LogP contribution in [0.1, 0.15) is 24.0 Å². The molecule has 0 spiro atoms. The smallest absolute Gasteiger partial charge is 0.212 e. The van der Waals surface area contributed by atoms with Crippen molar-refractivity contribution in [1.82, 2.24) is 14.9 Å². The second-order valence-electron chi connectivity index (χ2n) is 4.52. The molecule has 0 saturated heterocycles. The Morgan fingerprint density at radius 3 is 2.68 bits per heavy atom. The fraction of sp³-hybridized carbons (Fsp3) is 0.308. The first-order chi connectivity index (χ1) is 9.07. The topological polar surface area (TPSA) is 74.8 Å². The Kier molecular flexibility index (Phi) is 4.34. The van der Waals surface area contributed by atoms with Crippen molar-refractivity contribution in [2.24, 2.45) is 0 Å². The molecule has 2 aromatic rings. The van der Waals surface area contributed by atoms with Gasteiger partial charge in [0.2, 0.25) is 10.0 Å². The maximum Gasteiger partial charge on any atom is 0.212 e. The molecular weight excluding hydrogens is 262 g/mol. The van der Waals surface area contributed by atoms with Crippen molar-refractivity contribution < 1.29 is 8.42 Å². The minimum Gasteiger partial charge on any atom is -0.285 e. The Balaban J connectivity index is 1.93. The quantitative estimate of drug-likeness (QED) is 0.844. The SMILES string of the molecule is CC(CS(=O)(=O)NCc1cn[nH]c1)c1ccccc1. The Labute approximate surface area is 113 Å². The summed E-state index contributed by atoms with van der Waals surface area (Å²) < 4.78 is 26.5. The molecule has 2 rings (SSSR count). The average Bonchev–Trinajstić information content (AvgIpc) is 2.90. The molecule has 0 aliphatic rings. The largest absolute Gasteiger partial charge is 0.285 e. The fourth-order valence-corrected chi connectivity index (χ4v) is 3.19. The fourth-order valence-electron chi connectivity index (χ4n) is 1.83. The number of benzene rings is 1. The maximum absolute atomic E-state index is 12.0. The molecule has 2 N–H and O–H groups in total. The summed E-state index contributed by atoms with van der Waals surface area (Å²) in [6, 6.07) is 9.63. The number of aromatic nitrogens is 2. The first-order valence-corrected chi connectivity index (χ1v) is 7.72. The number of nitrogens with zero attached hydrogens (tertiary/aromatic N) is 1. The van der Waals surface area contributed by atoms with Crippen LogP contribution >= 0.6 is 0 Å². The number of hydrogen-bond donors (Lipinski definition) is 2. The van der Waals surface area contributed by atoms with Gasteiger partial charge in [0.15, 0.2) is 0 Å². The van der Waals surface area contributed by atoms with E-state index in [9.17, 15) is 8.42 Å². The predicted molar refractivity (Wildman–Crippen MR) is 74.1 cm³/mol. The third kappa shape index (κ3) is 4.18. The van der Waals surface area contributed by atoms with Crippen molar-refractivity contribution in [3.05, 3.63) is 53.9 Å². The lowest BCUT2D eigenvalue weighted by molar-refractivity contribution is 0.575. The van der Waals surface area contributed by atoms with Gasteiger partial charge in [-0.05, 0) is 11.5 Å². The lowest BCUT2D eigenvalue weighted by Gasteiger charge is -2.12. The van der Waals surface area contributed by atoms with Crippen LogP contribution in [0.5, 0.6) is 0 Å². The molecule has 1 heterocycles. The standard InChI is InChI=1S/C13H17N3O2S/c1-11(13-5-3-2-4-6-13)10-19(17,18)16-9-12-7-14-15-8-12/h2-8,11,16H,9-10H2,1H3,(H,14,15). The molecule has 0 bridgehead atoms. The predicted octanol–water partition coefficient (Wildman–Crippen LogP) is 1.63. The van der Waals surface area contributed by atoms with Crippen molar-refractivity contribution in [3.63, 3.8) is 0 Å². The molecule has 5 nitrogen and oxygen atoms in total. The zero-order chi connectivity index (χ0) is 13.7. The molecule has 0 saturated carbocycles. The highest BCUT2D eigenvalue weighted by molar-refractivity contribution is 7.89. The van der Waals surface area contributed by atoms with Gasteiger partial charge in [0.25, 0.3) is 0 Å². The molecule has 19 heavy (non-hydrogen) atoms. The molecule has 1 unspecified atom stereocenters. The van der Waals surface area contributed by atoms with Gasteiger partial charge in [0, 0.05) is 18.3 Å². The van der Waals surface area contributed by atoms with Crippen LogP contribution in [0.3, 0.4) is 0 Å². The van der Waals surface area contributed by atoms with E-state index in [-0.39, 0.29) is 18.2 Å². The van der Waals surface area contributed by atoms with Crippen LogP contribution in [0, 0.1) is 0 Å². The molecule has 0 radical (unpaired) electrons. The average molecular weight is 279 g/mol. The molecule has 0 aliphatic heterocycles. The molecule has 1 atom stereocenters. The zero-order valence-corrected chi connectivity index (χ0v) is 11.5. The Morgan fingerprint density at radius 1 is 1.32 bits per heavy atom. The highest BCUT2D eigenvalue weighted by atomic mass is 32.2. The van der Waals surface area contributed by atoms with Crippen molar-refractivity contribution in [1.29, 1.82) is 0 Å². The lowest BCUT2D eigenvalue weighted by Crippen LogP contribution is -2.28. The van der Waals surface area contributed by atoms with Gasteiger partial charge in [-0.25, -0.2) is 13.1 Å². The third-order valence-electron chi connectivity index (χ3n) is 2.89. The van der Waals surface area contributed by atoms with E-state index in [0.29, 0.717) is 0 Å². The molecule has 0 amide bonds. The van der Waals surface area contributed by atoms with Gasteiger partial charge in [-0.3, -0.25) is 5.10 Å². The van der Waals surface area contributed by atoms with Crippen LogP contribution in [0.25, 0.3) is 0 Å². The Morgan fingerprint density at radius 2 is 2.05 bits per heavy atom. The second kappa shape index (κ2) is 5.99. The summed E-state index contributed by atoms with van der Waals surface area (Å²) in [4.78, 5) is 0. The number of nitrogens with one attached hydrogen (secondary N) is 2. The van der Waals surface area contributed by atoms with Crippen molar-refractivity contribution in [3.8, 4) is 0 Å². The van der Waals surface area contributed by atoms with Gasteiger partial charge in [-0.1, -0.05) is 37.3 Å². The highest BCUT2D eigenvalue weighted by Gasteiger charge is 2.16. The summed E-state index contributed by atoms with van der Waals surface area (Å²) in [5.41, 5.74) is 1.84. The van der Waals surface area contributed by atoms with Crippen LogP contribution in [-0.2, 0) is 16.6 Å². The number of sulfonamides is 1. The summed E-state index contributed by atoms with van der Waals surface area (Å²) in [5, 5.41) is 6.42. The zero-order valence-electron chi connectivity index (χ0n) is 10.7. The second-order valence-corrected chi connectivity index (χ2v) is 6.37. The number of rotatable bonds is 6. The van der Waals surface area contributed by atoms with Gasteiger partial charge in [-0.15, -0.1) is 0 Å². The summed E-state index contributed by atoms with van der Waals surface area (Å²) in [7, 11) is -3.30. The van der Waals surface area contributed by atoms with Crippen LogP contribution in [0.4, 0.5) is 0 Å². The van der Waals surface area contributed by atoms with E-state index in [1.165, 1.54) is 0 Å². The summed E-state index contributed by atoms with van der Waals surface area (Å²) in [6.07, 6.45) is 3.27. The van der Waals surface area contributed by atoms with Crippen molar-refractivity contribution in [2.75, 3.05) is 5.75 Å². The van der Waals surface area contributed by atoms with Crippen LogP contribution < -0.4 is 4.72 Å². The number of hydrogen-bond acceptors (Lipinski definition) is 3. The molecule has 1 aromatic carbocycles. The molecule has 1 aromatic heterocycles. The Bertz CT molecular complexity index is 594. The van der Waals surface area contributed by atoms with E-state index < -0.39 is 10.0 Å². The highest BCUT2D eigenvalue weighted by Crippen LogP contribution is 2.16. The number of aromatic amines is 1. The summed E-state index contributed by atoms with van der Waals surface area (Å²) in [5.74, 6) is 0.0394. The van der Waals surface area contributed by atoms with Gasteiger partial charge in [-0.2, -0.15) is 5.10 Å². The van der Waals surface area contributed by atoms with E-state index in [1.807, 2.05) is 37.3 Å². The molecule has 0 aliphatic carbocycles. The minimum absolute atomic E-state index is 0.0388. The van der Waals surface area contributed by atoms with Gasteiger partial charge < -0.3 is 0 Å². The molecule has 6 heteroatoms. The lowest BCUT2D eigenvalue weighted by atomic mass is 10.0. The van der Waals surface area contributed by atoms with Crippen molar-refractivity contribution >= 4 is 10.0 Å². The molecule has 102 valence electrons. The van der Waals surface area contributed by atoms with Gasteiger partial charge in [0.1, 0.15) is 0 Å². The van der Waals surface area contributed by atoms with E-state index in [1.54, 1.807) is 12.4 Å². The van der Waals surface area contributed by atoms with E-state index in [4.69, 9.17) is 0 Å². The molecule has 0 fully saturated rings. The number of H-pyrrole nitrogens is 1. The summed E-state index contributed by atoms with van der Waals surface area (Å²) in [6.45, 7) is 2.17. The third-order valence-corrected chi connectivity index (χ3v) is 4.41. The van der Waals surface area contributed by atoms with Gasteiger partial charge in [0.05, 0.1) is 11.9 Å². The van der Waals surface area contributed by atoms with Crippen LogP contribution in [0.15, 0.2) is 42.7 Å². The van der Waals surface area contributed by atoms with Crippen molar-refractivity contribution in [2.45, 2.75) is 19.4 Å². The van der Waals surface area contributed by atoms with Crippen LogP contribution in [0.2, 0.25) is 0 Å². The maximum atomic E-state index is 12.0. The first kappa shape index (κ1) is 13.8. The first-order valence-electron chi connectivity index (χ1n) is 6.07. The summed E-state index contributed by atoms with van der Waals surface area (Å²) >= 11 is 0. The van der Waals surface area contributed by atoms with E-state index in [0.717, 1.165) is 11.1 Å². The monoisotopic (exact) mass is 279 g/mol. The van der Waals surface area contributed by atoms with E-state index in [2.05, 4.69) is 14.9 Å². The van der Waals surface area contributed by atoms with E-state index >= 15 is 0 Å². The molecular formula is C13H17N3O2S. The van der Waals surface area contributed by atoms with Gasteiger partial charge >= 0.3 is 0 Å². The Hall–Kier alpha value is -1.66. The normalized spacial score (nSPS) is 13.3.